The maximum absolute atomic E-state index is 6.36. The summed E-state index contributed by atoms with van der Waals surface area (Å²) >= 11 is 6.36. The van der Waals surface area contributed by atoms with Gasteiger partial charge in [-0.1, -0.05) is 43.6 Å². The molecule has 0 spiro atoms. The molecule has 1 aliphatic rings. The van der Waals surface area contributed by atoms with Crippen molar-refractivity contribution in [2.75, 3.05) is 46.1 Å². The van der Waals surface area contributed by atoms with Gasteiger partial charge in [0.05, 0.1) is 19.8 Å². The van der Waals surface area contributed by atoms with E-state index in [1.54, 1.807) is 0 Å². The lowest BCUT2D eigenvalue weighted by Gasteiger charge is -2.25. The highest BCUT2D eigenvalue weighted by Gasteiger charge is 2.23. The highest BCUT2D eigenvalue weighted by atomic mass is 127. The number of ether oxygens (including phenoxy) is 2. The molecule has 0 radical (unpaired) electrons. The molecule has 2 rings (SSSR count). The number of benzene rings is 1. The Hall–Kier alpha value is -0.570. The summed E-state index contributed by atoms with van der Waals surface area (Å²) in [6.45, 7) is 12.0. The van der Waals surface area contributed by atoms with Crippen molar-refractivity contribution in [3.8, 4) is 0 Å². The lowest BCUT2D eigenvalue weighted by molar-refractivity contribution is 0.0888. The minimum atomic E-state index is -0.132. The van der Waals surface area contributed by atoms with Crippen molar-refractivity contribution in [2.45, 2.75) is 39.0 Å². The second kappa shape index (κ2) is 13.6. The van der Waals surface area contributed by atoms with E-state index >= 15 is 0 Å². The van der Waals surface area contributed by atoms with Crippen LogP contribution in [0.25, 0.3) is 0 Å². The number of guanidine groups is 1. The van der Waals surface area contributed by atoms with Crippen LogP contribution in [0.15, 0.2) is 29.3 Å². The third kappa shape index (κ3) is 8.84. The SMILES string of the molecule is CCNC(=NCC(C)(C)c1ccccc1Cl)NCCCOCC1CCOC1.I. The second-order valence-electron chi connectivity index (χ2n) is 7.64. The summed E-state index contributed by atoms with van der Waals surface area (Å²) in [6.07, 6.45) is 2.07. The van der Waals surface area contributed by atoms with Gasteiger partial charge in [0.1, 0.15) is 0 Å². The monoisotopic (exact) mass is 523 g/mol. The number of hydrogen-bond donors (Lipinski definition) is 2. The van der Waals surface area contributed by atoms with Gasteiger partial charge in [0.2, 0.25) is 0 Å². The topological polar surface area (TPSA) is 54.9 Å². The first-order valence-corrected chi connectivity index (χ1v) is 10.3. The summed E-state index contributed by atoms with van der Waals surface area (Å²) in [5, 5.41) is 7.49. The van der Waals surface area contributed by atoms with Gasteiger partial charge in [-0.3, -0.25) is 4.99 Å². The molecule has 0 amide bonds. The van der Waals surface area contributed by atoms with E-state index in [-0.39, 0.29) is 29.4 Å². The van der Waals surface area contributed by atoms with Gasteiger partial charge < -0.3 is 20.1 Å². The van der Waals surface area contributed by atoms with E-state index in [9.17, 15) is 0 Å². The Morgan fingerprint density at radius 3 is 2.79 bits per heavy atom. The van der Waals surface area contributed by atoms with E-state index in [4.69, 9.17) is 26.1 Å². The number of halogens is 2. The first kappa shape index (κ1) is 25.5. The van der Waals surface area contributed by atoms with Crippen LogP contribution in [-0.4, -0.2) is 52.0 Å². The average Bonchev–Trinajstić information content (AvgIpc) is 3.16. The minimum absolute atomic E-state index is 0. The van der Waals surface area contributed by atoms with E-state index in [1.807, 2.05) is 18.2 Å². The highest BCUT2D eigenvalue weighted by Crippen LogP contribution is 2.29. The number of nitrogens with one attached hydrogen (secondary N) is 2. The van der Waals surface area contributed by atoms with E-state index < -0.39 is 0 Å². The van der Waals surface area contributed by atoms with Crippen molar-refractivity contribution in [1.82, 2.24) is 10.6 Å². The molecule has 28 heavy (non-hydrogen) atoms. The Kier molecular flexibility index (Phi) is 12.4. The van der Waals surface area contributed by atoms with E-state index in [2.05, 4.69) is 37.5 Å². The predicted molar refractivity (Wildman–Crippen MR) is 128 cm³/mol. The molecule has 1 aromatic carbocycles. The van der Waals surface area contributed by atoms with Crippen molar-refractivity contribution in [2.24, 2.45) is 10.9 Å². The first-order valence-electron chi connectivity index (χ1n) is 9.95. The van der Waals surface area contributed by atoms with Gasteiger partial charge in [-0.2, -0.15) is 0 Å². The summed E-state index contributed by atoms with van der Waals surface area (Å²) in [5.41, 5.74) is 0.989. The summed E-state index contributed by atoms with van der Waals surface area (Å²) in [5.74, 6) is 1.41. The molecule has 0 saturated carbocycles. The summed E-state index contributed by atoms with van der Waals surface area (Å²) in [6, 6.07) is 7.99. The normalized spacial score (nSPS) is 17.3. The Balaban J connectivity index is 0.00000392. The average molecular weight is 524 g/mol. The zero-order chi connectivity index (χ0) is 19.5. The third-order valence-electron chi connectivity index (χ3n) is 4.72. The van der Waals surface area contributed by atoms with Crippen LogP contribution in [0.4, 0.5) is 0 Å². The van der Waals surface area contributed by atoms with Gasteiger partial charge in [0.25, 0.3) is 0 Å². The predicted octanol–water partition coefficient (Wildman–Crippen LogP) is 4.23. The van der Waals surface area contributed by atoms with E-state index in [1.165, 1.54) is 0 Å². The molecule has 1 atom stereocenters. The molecule has 1 saturated heterocycles. The third-order valence-corrected chi connectivity index (χ3v) is 5.04. The number of rotatable bonds is 10. The van der Waals surface area contributed by atoms with Crippen LogP contribution in [0, 0.1) is 5.92 Å². The van der Waals surface area contributed by atoms with Crippen molar-refractivity contribution in [1.29, 1.82) is 0 Å². The molecule has 0 aliphatic carbocycles. The van der Waals surface area contributed by atoms with Gasteiger partial charge >= 0.3 is 0 Å². The Morgan fingerprint density at radius 1 is 1.32 bits per heavy atom. The van der Waals surface area contributed by atoms with Gasteiger partial charge in [-0.25, -0.2) is 0 Å². The van der Waals surface area contributed by atoms with Gasteiger partial charge in [0.15, 0.2) is 5.96 Å². The van der Waals surface area contributed by atoms with E-state index in [0.29, 0.717) is 12.5 Å². The van der Waals surface area contributed by atoms with Crippen LogP contribution in [-0.2, 0) is 14.9 Å². The first-order chi connectivity index (χ1) is 13.0. The van der Waals surface area contributed by atoms with Crippen molar-refractivity contribution in [3.05, 3.63) is 34.9 Å². The number of nitrogens with zero attached hydrogens (tertiary/aromatic N) is 1. The molecule has 1 unspecified atom stereocenters. The minimum Gasteiger partial charge on any atom is -0.381 e. The van der Waals surface area contributed by atoms with Crippen molar-refractivity contribution >= 4 is 41.5 Å². The van der Waals surface area contributed by atoms with E-state index in [0.717, 1.165) is 68.9 Å². The molecular weight excluding hydrogens is 489 g/mol. The summed E-state index contributed by atoms with van der Waals surface area (Å²) in [4.78, 5) is 4.76. The fourth-order valence-electron chi connectivity index (χ4n) is 3.06. The zero-order valence-electron chi connectivity index (χ0n) is 17.3. The molecule has 1 fully saturated rings. The molecule has 7 heteroatoms. The lowest BCUT2D eigenvalue weighted by Crippen LogP contribution is -2.39. The number of hydrogen-bond acceptors (Lipinski definition) is 3. The summed E-state index contributed by atoms with van der Waals surface area (Å²) < 4.78 is 11.1. The molecular formula is C21H35ClIN3O2. The van der Waals surface area contributed by atoms with Crippen LogP contribution < -0.4 is 10.6 Å². The molecule has 1 aliphatic heterocycles. The summed E-state index contributed by atoms with van der Waals surface area (Å²) in [7, 11) is 0. The van der Waals surface area contributed by atoms with Crippen LogP contribution >= 0.6 is 35.6 Å². The molecule has 1 heterocycles. The molecule has 0 bridgehead atoms. The fourth-order valence-corrected chi connectivity index (χ4v) is 3.45. The standard InChI is InChI=1S/C21H34ClN3O2.HI/c1-4-23-20(24-11-7-12-26-14-17-10-13-27-15-17)25-16-21(2,3)18-8-5-6-9-19(18)22;/h5-6,8-9,17H,4,7,10-16H2,1-3H3,(H2,23,24,25);1H. The highest BCUT2D eigenvalue weighted by molar-refractivity contribution is 14.0. The molecule has 0 aromatic heterocycles. The van der Waals surface area contributed by atoms with Crippen molar-refractivity contribution < 1.29 is 9.47 Å². The second-order valence-corrected chi connectivity index (χ2v) is 8.05. The van der Waals surface area contributed by atoms with Crippen LogP contribution in [0.3, 0.4) is 0 Å². The van der Waals surface area contributed by atoms with Crippen LogP contribution in [0.1, 0.15) is 39.2 Å². The molecule has 2 N–H and O–H groups in total. The van der Waals surface area contributed by atoms with Crippen LogP contribution in [0.2, 0.25) is 5.02 Å². The van der Waals surface area contributed by atoms with Gasteiger partial charge in [-0.05, 0) is 31.4 Å². The smallest absolute Gasteiger partial charge is 0.191 e. The maximum Gasteiger partial charge on any atom is 0.191 e. The molecule has 1 aromatic rings. The quantitative estimate of drug-likeness (QED) is 0.209. The number of aliphatic imine (C=N–C) groups is 1. The molecule has 5 nitrogen and oxygen atoms in total. The van der Waals surface area contributed by atoms with Crippen molar-refractivity contribution in [3.63, 3.8) is 0 Å². The van der Waals surface area contributed by atoms with Crippen LogP contribution in [0.5, 0.6) is 0 Å². The lowest BCUT2D eigenvalue weighted by atomic mass is 9.85. The Bertz CT molecular complexity index is 593. The maximum atomic E-state index is 6.36. The van der Waals surface area contributed by atoms with Gasteiger partial charge in [-0.15, -0.1) is 24.0 Å². The Morgan fingerprint density at radius 2 is 2.11 bits per heavy atom. The Labute approximate surface area is 192 Å². The van der Waals surface area contributed by atoms with Gasteiger partial charge in [0, 0.05) is 42.7 Å². The molecule has 160 valence electrons. The largest absolute Gasteiger partial charge is 0.381 e. The zero-order valence-corrected chi connectivity index (χ0v) is 20.4. The fraction of sp³-hybridized carbons (Fsp3) is 0.667.